The smallest absolute Gasteiger partial charge is 0.00193 e. The van der Waals surface area contributed by atoms with Crippen LogP contribution < -0.4 is 0 Å². The van der Waals surface area contributed by atoms with Crippen LogP contribution in [0.5, 0.6) is 0 Å². The van der Waals surface area contributed by atoms with Gasteiger partial charge in [-0.05, 0) is 54.8 Å². The van der Waals surface area contributed by atoms with Crippen LogP contribution in [0.4, 0.5) is 0 Å². The number of rotatable bonds is 4. The molecule has 104 valence electrons. The van der Waals surface area contributed by atoms with E-state index in [1.165, 1.54) is 44.9 Å². The van der Waals surface area contributed by atoms with E-state index in [4.69, 9.17) is 0 Å². The summed E-state index contributed by atoms with van der Waals surface area (Å²) in [5, 5.41) is 0. The maximum absolute atomic E-state index is 4.11. The molecular formula is C19H28. The van der Waals surface area contributed by atoms with Gasteiger partial charge in [-0.3, -0.25) is 0 Å². The van der Waals surface area contributed by atoms with Gasteiger partial charge in [-0.25, -0.2) is 0 Å². The number of allylic oxidation sites excluding steroid dienone is 4. The van der Waals surface area contributed by atoms with Crippen molar-refractivity contribution in [3.8, 4) is 0 Å². The molecule has 5 unspecified atom stereocenters. The Kier molecular flexibility index (Phi) is 3.87. The van der Waals surface area contributed by atoms with E-state index >= 15 is 0 Å². The van der Waals surface area contributed by atoms with Crippen molar-refractivity contribution in [3.05, 3.63) is 30.7 Å². The third kappa shape index (κ3) is 2.12. The molecule has 0 aliphatic heterocycles. The molecule has 0 aromatic heterocycles. The predicted octanol–water partition coefficient (Wildman–Crippen LogP) is 5.44. The molecule has 0 aromatic carbocycles. The molecule has 0 amide bonds. The molecule has 3 rings (SSSR count). The third-order valence-corrected chi connectivity index (χ3v) is 5.84. The Morgan fingerprint density at radius 2 is 1.95 bits per heavy atom. The van der Waals surface area contributed by atoms with Gasteiger partial charge in [0.1, 0.15) is 0 Å². The highest BCUT2D eigenvalue weighted by Crippen LogP contribution is 2.63. The van der Waals surface area contributed by atoms with Crippen molar-refractivity contribution in [2.24, 2.45) is 29.1 Å². The van der Waals surface area contributed by atoms with Crippen molar-refractivity contribution in [3.63, 3.8) is 0 Å². The monoisotopic (exact) mass is 256 g/mol. The van der Waals surface area contributed by atoms with E-state index in [2.05, 4.69) is 44.6 Å². The molecule has 0 bridgehead atoms. The predicted molar refractivity (Wildman–Crippen MR) is 81.6 cm³/mol. The van der Waals surface area contributed by atoms with Crippen LogP contribution in [0.3, 0.4) is 0 Å². The second kappa shape index (κ2) is 5.46. The molecule has 0 spiro atoms. The van der Waals surface area contributed by atoms with Crippen LogP contribution in [0, 0.1) is 35.5 Å². The van der Waals surface area contributed by atoms with Crippen LogP contribution >= 0.6 is 0 Å². The van der Waals surface area contributed by atoms with Crippen LogP contribution in [-0.4, -0.2) is 0 Å². The van der Waals surface area contributed by atoms with E-state index in [9.17, 15) is 0 Å². The van der Waals surface area contributed by atoms with Crippen molar-refractivity contribution < 1.29 is 0 Å². The second-order valence-electron chi connectivity index (χ2n) is 6.83. The Bertz CT molecular complexity index is 362. The summed E-state index contributed by atoms with van der Waals surface area (Å²) in [5.41, 5.74) is 0.442. The lowest BCUT2D eigenvalue weighted by molar-refractivity contribution is 0.0491. The molecule has 2 radical (unpaired) electrons. The molecule has 19 heavy (non-hydrogen) atoms. The standard InChI is InChI=1S/C19H28/c1-3-8-16-10-7-12-18-17-11-6-5-9-15(17)14-19(16,18)13-4-2/h5-6,9,11,15-18H,3-4,7-8,10,12-13H2,1-2H3. The van der Waals surface area contributed by atoms with Crippen molar-refractivity contribution in [1.82, 2.24) is 0 Å². The first-order valence-electron chi connectivity index (χ1n) is 8.44. The van der Waals surface area contributed by atoms with Gasteiger partial charge in [0.25, 0.3) is 0 Å². The fraction of sp³-hybridized carbons (Fsp3) is 0.737. The summed E-state index contributed by atoms with van der Waals surface area (Å²) < 4.78 is 0. The van der Waals surface area contributed by atoms with Gasteiger partial charge in [-0.15, -0.1) is 0 Å². The average Bonchev–Trinajstić information content (AvgIpc) is 2.75. The first-order valence-corrected chi connectivity index (χ1v) is 8.44. The molecule has 3 aliphatic rings. The molecule has 0 nitrogen and oxygen atoms in total. The molecule has 0 heteroatoms. The maximum atomic E-state index is 4.11. The van der Waals surface area contributed by atoms with Gasteiger partial charge in [0.15, 0.2) is 0 Å². The van der Waals surface area contributed by atoms with Crippen LogP contribution in [-0.2, 0) is 0 Å². The van der Waals surface area contributed by atoms with Gasteiger partial charge in [-0.2, -0.15) is 0 Å². The Labute approximate surface area is 119 Å². The molecule has 0 saturated heterocycles. The minimum Gasteiger partial charge on any atom is -0.0805 e. The number of fused-ring (bicyclic) bond motifs is 3. The summed E-state index contributed by atoms with van der Waals surface area (Å²) >= 11 is 0. The Balaban J connectivity index is 1.92. The molecule has 0 aromatic rings. The minimum atomic E-state index is 0.442. The van der Waals surface area contributed by atoms with E-state index in [1.54, 1.807) is 0 Å². The fourth-order valence-corrected chi connectivity index (χ4v) is 5.25. The summed E-state index contributed by atoms with van der Waals surface area (Å²) in [4.78, 5) is 0. The number of hydrogen-bond acceptors (Lipinski definition) is 0. The van der Waals surface area contributed by atoms with E-state index in [1.807, 2.05) is 0 Å². The van der Waals surface area contributed by atoms with Crippen molar-refractivity contribution in [2.75, 3.05) is 0 Å². The van der Waals surface area contributed by atoms with Crippen LogP contribution in [0.15, 0.2) is 24.3 Å². The van der Waals surface area contributed by atoms with Crippen LogP contribution in [0.25, 0.3) is 0 Å². The van der Waals surface area contributed by atoms with Crippen molar-refractivity contribution in [2.45, 2.75) is 58.8 Å². The largest absolute Gasteiger partial charge is 0.0805 e. The molecule has 0 N–H and O–H groups in total. The van der Waals surface area contributed by atoms with Gasteiger partial charge in [0.05, 0.1) is 0 Å². The third-order valence-electron chi connectivity index (χ3n) is 5.84. The second-order valence-corrected chi connectivity index (χ2v) is 6.83. The van der Waals surface area contributed by atoms with Gasteiger partial charge < -0.3 is 0 Å². The zero-order chi connectivity index (χ0) is 13.3. The topological polar surface area (TPSA) is 0 Å². The van der Waals surface area contributed by atoms with Crippen LogP contribution in [0.2, 0.25) is 0 Å². The van der Waals surface area contributed by atoms with E-state index in [0.29, 0.717) is 11.3 Å². The molecular weight excluding hydrogens is 228 g/mol. The van der Waals surface area contributed by atoms with E-state index in [-0.39, 0.29) is 0 Å². The molecule has 2 saturated carbocycles. The lowest BCUT2D eigenvalue weighted by Crippen LogP contribution is -2.39. The van der Waals surface area contributed by atoms with Gasteiger partial charge in [-0.1, -0.05) is 63.8 Å². The van der Waals surface area contributed by atoms with Crippen molar-refractivity contribution in [1.29, 1.82) is 0 Å². The zero-order valence-electron chi connectivity index (χ0n) is 12.6. The normalized spacial score (nSPS) is 44.1. The Hall–Kier alpha value is -0.520. The molecule has 3 aliphatic carbocycles. The minimum absolute atomic E-state index is 0.442. The lowest BCUT2D eigenvalue weighted by Gasteiger charge is -2.47. The van der Waals surface area contributed by atoms with Crippen molar-refractivity contribution >= 4 is 0 Å². The highest BCUT2D eigenvalue weighted by Gasteiger charge is 2.56. The van der Waals surface area contributed by atoms with Gasteiger partial charge in [0, 0.05) is 0 Å². The highest BCUT2D eigenvalue weighted by molar-refractivity contribution is 5.27. The van der Waals surface area contributed by atoms with Gasteiger partial charge in [0.2, 0.25) is 0 Å². The molecule has 5 atom stereocenters. The first kappa shape index (κ1) is 13.5. The fourth-order valence-electron chi connectivity index (χ4n) is 5.25. The summed E-state index contributed by atoms with van der Waals surface area (Å²) in [6, 6.07) is 0. The SMILES string of the molecule is CCCC1CCCC2C3C=CC=CC3[C]C12CCC. The zero-order valence-corrected chi connectivity index (χ0v) is 12.6. The Morgan fingerprint density at radius 3 is 2.74 bits per heavy atom. The summed E-state index contributed by atoms with van der Waals surface area (Å²) in [6.45, 7) is 4.71. The first-order chi connectivity index (χ1) is 9.31. The number of hydrogen-bond donors (Lipinski definition) is 0. The summed E-state index contributed by atoms with van der Waals surface area (Å²) in [6.07, 6.45) is 23.3. The van der Waals surface area contributed by atoms with Gasteiger partial charge >= 0.3 is 0 Å². The van der Waals surface area contributed by atoms with Crippen LogP contribution in [0.1, 0.15) is 58.8 Å². The molecule has 2 fully saturated rings. The quantitative estimate of drug-likeness (QED) is 0.628. The summed E-state index contributed by atoms with van der Waals surface area (Å²) in [5.74, 6) is 3.16. The van der Waals surface area contributed by atoms with E-state index in [0.717, 1.165) is 17.8 Å². The summed E-state index contributed by atoms with van der Waals surface area (Å²) in [7, 11) is 0. The highest BCUT2D eigenvalue weighted by atomic mass is 14.6. The average molecular weight is 256 g/mol. The van der Waals surface area contributed by atoms with E-state index < -0.39 is 0 Å². The lowest BCUT2D eigenvalue weighted by atomic mass is 9.57. The maximum Gasteiger partial charge on any atom is -0.00193 e. The molecule has 0 heterocycles. The Morgan fingerprint density at radius 1 is 1.11 bits per heavy atom.